The van der Waals surface area contributed by atoms with Crippen molar-refractivity contribution >= 4 is 0 Å². The van der Waals surface area contributed by atoms with Crippen LogP contribution in [0.2, 0.25) is 0 Å². The Hall–Kier alpha value is -1.91. The topological polar surface area (TPSA) is 37.4 Å². The highest BCUT2D eigenvalue weighted by atomic mass is 16.5. The maximum atomic E-state index is 5.99. The molecular formula is C17H21N3O. The largest absolute Gasteiger partial charge is 0.489 e. The molecule has 0 unspecified atom stereocenters. The highest BCUT2D eigenvalue weighted by molar-refractivity contribution is 5.33. The van der Waals surface area contributed by atoms with Gasteiger partial charge in [-0.2, -0.15) is 0 Å². The van der Waals surface area contributed by atoms with Gasteiger partial charge in [0.15, 0.2) is 0 Å². The van der Waals surface area contributed by atoms with Crippen LogP contribution in [0.25, 0.3) is 0 Å². The molecule has 0 saturated carbocycles. The molecule has 1 aliphatic heterocycles. The van der Waals surface area contributed by atoms with Gasteiger partial charge < -0.3 is 10.1 Å². The SMILES string of the molecule is c1ccc(OCc2ccncc2)c(CN2CCNCC2)c1. The van der Waals surface area contributed by atoms with Crippen LogP contribution < -0.4 is 10.1 Å². The lowest BCUT2D eigenvalue weighted by Crippen LogP contribution is -2.42. The predicted octanol–water partition coefficient (Wildman–Crippen LogP) is 2.07. The standard InChI is InChI=1S/C17H21N3O/c1-2-4-17(21-14-15-5-7-18-8-6-15)16(3-1)13-20-11-9-19-10-12-20/h1-8,19H,9-14H2. The van der Waals surface area contributed by atoms with Crippen molar-refractivity contribution in [3.8, 4) is 5.75 Å². The number of piperazine rings is 1. The van der Waals surface area contributed by atoms with Crippen molar-refractivity contribution in [1.29, 1.82) is 0 Å². The smallest absolute Gasteiger partial charge is 0.124 e. The van der Waals surface area contributed by atoms with E-state index < -0.39 is 0 Å². The van der Waals surface area contributed by atoms with Gasteiger partial charge >= 0.3 is 0 Å². The second-order valence-corrected chi connectivity index (χ2v) is 5.28. The Labute approximate surface area is 125 Å². The Bertz CT molecular complexity index is 553. The van der Waals surface area contributed by atoms with E-state index in [2.05, 4.69) is 33.4 Å². The Morgan fingerprint density at radius 1 is 1.05 bits per heavy atom. The maximum absolute atomic E-state index is 5.99. The van der Waals surface area contributed by atoms with E-state index in [9.17, 15) is 0 Å². The van der Waals surface area contributed by atoms with E-state index in [0.717, 1.165) is 44.0 Å². The number of nitrogens with zero attached hydrogens (tertiary/aromatic N) is 2. The normalized spacial score (nSPS) is 15.8. The third-order valence-corrected chi connectivity index (χ3v) is 3.72. The predicted molar refractivity (Wildman–Crippen MR) is 83.2 cm³/mol. The van der Waals surface area contributed by atoms with Crippen molar-refractivity contribution in [3.05, 3.63) is 59.9 Å². The van der Waals surface area contributed by atoms with Gasteiger partial charge in [0.2, 0.25) is 0 Å². The lowest BCUT2D eigenvalue weighted by Gasteiger charge is -2.27. The number of nitrogens with one attached hydrogen (secondary N) is 1. The highest BCUT2D eigenvalue weighted by Crippen LogP contribution is 2.21. The van der Waals surface area contributed by atoms with E-state index >= 15 is 0 Å². The number of pyridine rings is 1. The fraction of sp³-hybridized carbons (Fsp3) is 0.353. The van der Waals surface area contributed by atoms with Crippen LogP contribution in [0.15, 0.2) is 48.8 Å². The molecule has 1 aromatic carbocycles. The summed E-state index contributed by atoms with van der Waals surface area (Å²) in [6, 6.07) is 12.3. The van der Waals surface area contributed by atoms with Gasteiger partial charge in [-0.15, -0.1) is 0 Å². The number of hydrogen-bond acceptors (Lipinski definition) is 4. The number of rotatable bonds is 5. The molecule has 0 amide bonds. The summed E-state index contributed by atoms with van der Waals surface area (Å²) in [4.78, 5) is 6.49. The number of ether oxygens (including phenoxy) is 1. The Balaban J connectivity index is 1.64. The monoisotopic (exact) mass is 283 g/mol. The molecular weight excluding hydrogens is 262 g/mol. The summed E-state index contributed by atoms with van der Waals surface area (Å²) in [5.74, 6) is 0.979. The molecule has 110 valence electrons. The third-order valence-electron chi connectivity index (χ3n) is 3.72. The van der Waals surface area contributed by atoms with Crippen LogP contribution in [0, 0.1) is 0 Å². The molecule has 2 heterocycles. The van der Waals surface area contributed by atoms with Crippen LogP contribution >= 0.6 is 0 Å². The zero-order valence-corrected chi connectivity index (χ0v) is 12.2. The summed E-state index contributed by atoms with van der Waals surface area (Å²) in [5, 5.41) is 3.38. The van der Waals surface area contributed by atoms with Crippen LogP contribution in [-0.2, 0) is 13.2 Å². The van der Waals surface area contributed by atoms with Crippen LogP contribution in [-0.4, -0.2) is 36.1 Å². The summed E-state index contributed by atoms with van der Waals surface area (Å²) in [5.41, 5.74) is 2.40. The molecule has 1 saturated heterocycles. The van der Waals surface area contributed by atoms with Crippen LogP contribution in [0.3, 0.4) is 0 Å². The van der Waals surface area contributed by atoms with Gasteiger partial charge in [-0.05, 0) is 23.8 Å². The van der Waals surface area contributed by atoms with Gasteiger partial charge in [0.25, 0.3) is 0 Å². The minimum atomic E-state index is 0.584. The average Bonchev–Trinajstić information content (AvgIpc) is 2.56. The minimum Gasteiger partial charge on any atom is -0.489 e. The van der Waals surface area contributed by atoms with Gasteiger partial charge in [-0.1, -0.05) is 18.2 Å². The molecule has 0 aliphatic carbocycles. The molecule has 4 nitrogen and oxygen atoms in total. The van der Waals surface area contributed by atoms with Crippen LogP contribution in [0.1, 0.15) is 11.1 Å². The Morgan fingerprint density at radius 3 is 2.62 bits per heavy atom. The second-order valence-electron chi connectivity index (χ2n) is 5.28. The van der Waals surface area contributed by atoms with Crippen molar-refractivity contribution in [2.45, 2.75) is 13.2 Å². The molecule has 0 radical (unpaired) electrons. The van der Waals surface area contributed by atoms with Crippen molar-refractivity contribution in [3.63, 3.8) is 0 Å². The molecule has 0 bridgehead atoms. The fourth-order valence-electron chi connectivity index (χ4n) is 2.53. The van der Waals surface area contributed by atoms with Gasteiger partial charge in [-0.3, -0.25) is 9.88 Å². The fourth-order valence-corrected chi connectivity index (χ4v) is 2.53. The van der Waals surface area contributed by atoms with E-state index in [1.54, 1.807) is 12.4 Å². The Morgan fingerprint density at radius 2 is 1.81 bits per heavy atom. The first-order chi connectivity index (χ1) is 10.4. The molecule has 1 fully saturated rings. The summed E-state index contributed by atoms with van der Waals surface area (Å²) >= 11 is 0. The van der Waals surface area contributed by atoms with Crippen molar-refractivity contribution in [2.75, 3.05) is 26.2 Å². The molecule has 1 aromatic heterocycles. The average molecular weight is 283 g/mol. The third kappa shape index (κ3) is 4.03. The lowest BCUT2D eigenvalue weighted by atomic mass is 10.1. The number of aromatic nitrogens is 1. The van der Waals surface area contributed by atoms with Crippen molar-refractivity contribution in [1.82, 2.24) is 15.2 Å². The lowest BCUT2D eigenvalue weighted by molar-refractivity contribution is 0.226. The molecule has 1 N–H and O–H groups in total. The van der Waals surface area contributed by atoms with E-state index in [4.69, 9.17) is 4.74 Å². The summed E-state index contributed by atoms with van der Waals surface area (Å²) < 4.78 is 5.99. The first kappa shape index (κ1) is 14.0. The van der Waals surface area contributed by atoms with E-state index in [-0.39, 0.29) is 0 Å². The zero-order valence-electron chi connectivity index (χ0n) is 12.2. The second kappa shape index (κ2) is 7.20. The molecule has 2 aromatic rings. The molecule has 21 heavy (non-hydrogen) atoms. The van der Waals surface area contributed by atoms with Crippen molar-refractivity contribution < 1.29 is 4.74 Å². The summed E-state index contributed by atoms with van der Waals surface area (Å²) in [6.45, 7) is 5.87. The van der Waals surface area contributed by atoms with Crippen molar-refractivity contribution in [2.24, 2.45) is 0 Å². The number of hydrogen-bond donors (Lipinski definition) is 1. The highest BCUT2D eigenvalue weighted by Gasteiger charge is 2.12. The minimum absolute atomic E-state index is 0.584. The summed E-state index contributed by atoms with van der Waals surface area (Å²) in [7, 11) is 0. The van der Waals surface area contributed by atoms with Crippen LogP contribution in [0.4, 0.5) is 0 Å². The van der Waals surface area contributed by atoms with E-state index in [0.29, 0.717) is 6.61 Å². The molecule has 1 aliphatic rings. The van der Waals surface area contributed by atoms with Gasteiger partial charge in [-0.25, -0.2) is 0 Å². The first-order valence-corrected chi connectivity index (χ1v) is 7.44. The molecule has 0 atom stereocenters. The van der Waals surface area contributed by atoms with Crippen LogP contribution in [0.5, 0.6) is 5.75 Å². The molecule has 3 rings (SSSR count). The van der Waals surface area contributed by atoms with E-state index in [1.807, 2.05) is 18.2 Å². The van der Waals surface area contributed by atoms with Gasteiger partial charge in [0, 0.05) is 50.7 Å². The zero-order chi connectivity index (χ0) is 14.3. The molecule has 4 heteroatoms. The van der Waals surface area contributed by atoms with Gasteiger partial charge in [0.1, 0.15) is 12.4 Å². The Kier molecular flexibility index (Phi) is 4.82. The maximum Gasteiger partial charge on any atom is 0.124 e. The summed E-state index contributed by atoms with van der Waals surface area (Å²) in [6.07, 6.45) is 3.59. The van der Waals surface area contributed by atoms with E-state index in [1.165, 1.54) is 5.56 Å². The number of benzene rings is 1. The quantitative estimate of drug-likeness (QED) is 0.911. The van der Waals surface area contributed by atoms with Gasteiger partial charge in [0.05, 0.1) is 0 Å². The number of para-hydroxylation sites is 1. The first-order valence-electron chi connectivity index (χ1n) is 7.44. The molecule has 0 spiro atoms.